The number of para-hydroxylation sites is 1. The second-order valence-electron chi connectivity index (χ2n) is 8.11. The first-order valence-electron chi connectivity index (χ1n) is 11.8. The van der Waals surface area contributed by atoms with Gasteiger partial charge in [0.25, 0.3) is 0 Å². The average Bonchev–Trinajstić information content (AvgIpc) is 3.24. The maximum Gasteiger partial charge on any atom is 0.302 e. The predicted molar refractivity (Wildman–Crippen MR) is 133 cm³/mol. The molecule has 3 heteroatoms. The van der Waals surface area contributed by atoms with Crippen LogP contribution in [0.3, 0.4) is 0 Å². The molecule has 32 heavy (non-hydrogen) atoms. The van der Waals surface area contributed by atoms with E-state index >= 15 is 0 Å². The SMILES string of the molecule is CCCCCCCCOc1nc(-c2ccccc2)c(-c2ccccc2)n1-c1ccccc1. The van der Waals surface area contributed by atoms with Gasteiger partial charge in [0.05, 0.1) is 18.0 Å². The number of nitrogens with zero attached hydrogens (tertiary/aromatic N) is 2. The van der Waals surface area contributed by atoms with Gasteiger partial charge in [-0.05, 0) is 18.6 Å². The molecule has 0 N–H and O–H groups in total. The van der Waals surface area contributed by atoms with Gasteiger partial charge in [0, 0.05) is 11.1 Å². The van der Waals surface area contributed by atoms with E-state index in [2.05, 4.69) is 84.3 Å². The Labute approximate surface area is 191 Å². The summed E-state index contributed by atoms with van der Waals surface area (Å²) in [7, 11) is 0. The van der Waals surface area contributed by atoms with Crippen LogP contribution in [0.1, 0.15) is 45.4 Å². The van der Waals surface area contributed by atoms with Gasteiger partial charge >= 0.3 is 6.01 Å². The summed E-state index contributed by atoms with van der Waals surface area (Å²) in [6, 6.07) is 31.9. The van der Waals surface area contributed by atoms with Crippen molar-refractivity contribution in [3.05, 3.63) is 91.0 Å². The lowest BCUT2D eigenvalue weighted by molar-refractivity contribution is 0.278. The zero-order valence-corrected chi connectivity index (χ0v) is 18.9. The molecule has 4 rings (SSSR count). The summed E-state index contributed by atoms with van der Waals surface area (Å²) in [5.74, 6) is 0. The molecule has 0 spiro atoms. The Hall–Kier alpha value is -3.33. The Morgan fingerprint density at radius 1 is 0.656 bits per heavy atom. The molecule has 164 valence electrons. The van der Waals surface area contributed by atoms with Crippen molar-refractivity contribution in [2.45, 2.75) is 45.4 Å². The average molecular weight is 425 g/mol. The fourth-order valence-electron chi connectivity index (χ4n) is 4.02. The third-order valence-electron chi connectivity index (χ3n) is 5.68. The molecule has 1 heterocycles. The van der Waals surface area contributed by atoms with Crippen LogP contribution in [-0.2, 0) is 0 Å². The van der Waals surface area contributed by atoms with Crippen molar-refractivity contribution < 1.29 is 4.74 Å². The lowest BCUT2D eigenvalue weighted by Crippen LogP contribution is -2.05. The summed E-state index contributed by atoms with van der Waals surface area (Å²) >= 11 is 0. The predicted octanol–water partition coefficient (Wildman–Crippen LogP) is 7.95. The van der Waals surface area contributed by atoms with Crippen LogP contribution in [0.15, 0.2) is 91.0 Å². The molecule has 3 nitrogen and oxygen atoms in total. The van der Waals surface area contributed by atoms with Crippen LogP contribution in [0.25, 0.3) is 28.2 Å². The van der Waals surface area contributed by atoms with Gasteiger partial charge in [-0.2, -0.15) is 4.98 Å². The van der Waals surface area contributed by atoms with Gasteiger partial charge in [-0.1, -0.05) is 118 Å². The van der Waals surface area contributed by atoms with Crippen LogP contribution >= 0.6 is 0 Å². The van der Waals surface area contributed by atoms with Crippen LogP contribution in [0.5, 0.6) is 6.01 Å². The van der Waals surface area contributed by atoms with E-state index in [9.17, 15) is 0 Å². The third-order valence-corrected chi connectivity index (χ3v) is 5.68. The zero-order chi connectivity index (χ0) is 22.0. The molecule has 0 saturated heterocycles. The molecule has 0 unspecified atom stereocenters. The van der Waals surface area contributed by atoms with Crippen molar-refractivity contribution in [3.8, 4) is 34.2 Å². The lowest BCUT2D eigenvalue weighted by atomic mass is 10.0. The number of ether oxygens (including phenoxy) is 1. The van der Waals surface area contributed by atoms with Gasteiger partial charge in [-0.3, -0.25) is 4.57 Å². The molecule has 3 aromatic carbocycles. The molecule has 0 amide bonds. The first-order valence-corrected chi connectivity index (χ1v) is 11.8. The summed E-state index contributed by atoms with van der Waals surface area (Å²) in [6.45, 7) is 2.93. The minimum Gasteiger partial charge on any atom is -0.464 e. The Kier molecular flexibility index (Phi) is 7.75. The normalized spacial score (nSPS) is 10.9. The number of unbranched alkanes of at least 4 members (excludes halogenated alkanes) is 5. The Morgan fingerprint density at radius 2 is 1.22 bits per heavy atom. The van der Waals surface area contributed by atoms with Crippen molar-refractivity contribution in [1.82, 2.24) is 9.55 Å². The van der Waals surface area contributed by atoms with Gasteiger partial charge in [0.1, 0.15) is 5.69 Å². The van der Waals surface area contributed by atoms with E-state index in [1.165, 1.54) is 32.1 Å². The highest BCUT2D eigenvalue weighted by Gasteiger charge is 2.22. The van der Waals surface area contributed by atoms with Gasteiger partial charge in [0.2, 0.25) is 0 Å². The van der Waals surface area contributed by atoms with E-state index in [0.29, 0.717) is 12.6 Å². The van der Waals surface area contributed by atoms with Crippen LogP contribution in [-0.4, -0.2) is 16.2 Å². The second kappa shape index (κ2) is 11.3. The highest BCUT2D eigenvalue weighted by atomic mass is 16.5. The maximum absolute atomic E-state index is 6.31. The largest absolute Gasteiger partial charge is 0.464 e. The van der Waals surface area contributed by atoms with E-state index in [-0.39, 0.29) is 0 Å². The summed E-state index contributed by atoms with van der Waals surface area (Å²) in [6.07, 6.45) is 7.42. The van der Waals surface area contributed by atoms with Crippen LogP contribution in [0.2, 0.25) is 0 Å². The maximum atomic E-state index is 6.31. The van der Waals surface area contributed by atoms with Gasteiger partial charge < -0.3 is 4.74 Å². The van der Waals surface area contributed by atoms with Gasteiger partial charge in [-0.15, -0.1) is 0 Å². The molecule has 0 saturated carbocycles. The molecule has 4 aromatic rings. The van der Waals surface area contributed by atoms with E-state index < -0.39 is 0 Å². The van der Waals surface area contributed by atoms with Crippen LogP contribution in [0, 0.1) is 0 Å². The smallest absolute Gasteiger partial charge is 0.302 e. The van der Waals surface area contributed by atoms with E-state index in [1.807, 2.05) is 18.2 Å². The molecule has 0 aliphatic heterocycles. The van der Waals surface area contributed by atoms with Gasteiger partial charge in [-0.25, -0.2) is 0 Å². The van der Waals surface area contributed by atoms with E-state index in [1.54, 1.807) is 0 Å². The van der Waals surface area contributed by atoms with Crippen molar-refractivity contribution in [2.24, 2.45) is 0 Å². The highest BCUT2D eigenvalue weighted by Crippen LogP contribution is 2.37. The monoisotopic (exact) mass is 424 g/mol. The first-order chi connectivity index (χ1) is 15.9. The number of aromatic nitrogens is 2. The van der Waals surface area contributed by atoms with Crippen molar-refractivity contribution in [1.29, 1.82) is 0 Å². The van der Waals surface area contributed by atoms with Gasteiger partial charge in [0.15, 0.2) is 0 Å². The molecule has 0 aliphatic carbocycles. The van der Waals surface area contributed by atoms with E-state index in [4.69, 9.17) is 9.72 Å². The molecular formula is C29H32N2O. The zero-order valence-electron chi connectivity index (χ0n) is 18.9. The first kappa shape index (κ1) is 21.9. The fraction of sp³-hybridized carbons (Fsp3) is 0.276. The molecule has 0 aliphatic rings. The minimum absolute atomic E-state index is 0.655. The van der Waals surface area contributed by atoms with Crippen molar-refractivity contribution in [2.75, 3.05) is 6.61 Å². The number of benzene rings is 3. The molecule has 0 bridgehead atoms. The molecule has 0 radical (unpaired) electrons. The number of imidazole rings is 1. The molecule has 1 aromatic heterocycles. The number of hydrogen-bond acceptors (Lipinski definition) is 2. The molecule has 0 atom stereocenters. The fourth-order valence-corrected chi connectivity index (χ4v) is 4.02. The quantitative estimate of drug-likeness (QED) is 0.228. The summed E-state index contributed by atoms with van der Waals surface area (Å²) < 4.78 is 8.48. The number of hydrogen-bond donors (Lipinski definition) is 0. The summed E-state index contributed by atoms with van der Waals surface area (Å²) in [4.78, 5) is 5.02. The lowest BCUT2D eigenvalue weighted by Gasteiger charge is -2.13. The second-order valence-corrected chi connectivity index (χ2v) is 8.11. The number of rotatable bonds is 11. The van der Waals surface area contributed by atoms with Crippen molar-refractivity contribution >= 4 is 0 Å². The Morgan fingerprint density at radius 3 is 1.88 bits per heavy atom. The highest BCUT2D eigenvalue weighted by molar-refractivity contribution is 5.81. The minimum atomic E-state index is 0.655. The molecular weight excluding hydrogens is 392 g/mol. The van der Waals surface area contributed by atoms with Crippen LogP contribution < -0.4 is 4.74 Å². The summed E-state index contributed by atoms with van der Waals surface area (Å²) in [5, 5.41) is 0. The van der Waals surface area contributed by atoms with E-state index in [0.717, 1.165) is 34.6 Å². The topological polar surface area (TPSA) is 27.1 Å². The Balaban J connectivity index is 1.71. The Bertz CT molecular complexity index is 1070. The molecule has 0 fully saturated rings. The van der Waals surface area contributed by atoms with Crippen LogP contribution in [0.4, 0.5) is 0 Å². The third kappa shape index (κ3) is 5.28. The summed E-state index contributed by atoms with van der Waals surface area (Å²) in [5.41, 5.74) is 5.26. The standard InChI is InChI=1S/C29H32N2O/c1-2-3-4-5-6-16-23-32-29-30-27(24-17-10-7-11-18-24)28(25-19-12-8-13-20-25)31(29)26-21-14-9-15-22-26/h7-15,17-22H,2-6,16,23H2,1H3. The van der Waals surface area contributed by atoms with Crippen molar-refractivity contribution in [3.63, 3.8) is 0 Å².